The highest BCUT2D eigenvalue weighted by molar-refractivity contribution is 6.03. The minimum absolute atomic E-state index is 0.102. The molecule has 3 rings (SSSR count). The van der Waals surface area contributed by atoms with Crippen LogP contribution in [0.15, 0.2) is 18.2 Å². The van der Waals surface area contributed by atoms with Gasteiger partial charge in [-0.05, 0) is 25.3 Å². The molecule has 1 unspecified atom stereocenters. The number of carbonyl (C=O) groups excluding carboxylic acids is 1. The molecule has 1 aliphatic carbocycles. The molecule has 1 amide bonds. The molecule has 3 nitrogen and oxygen atoms in total. The van der Waals surface area contributed by atoms with Crippen LogP contribution in [0.5, 0.6) is 0 Å². The van der Waals surface area contributed by atoms with Crippen LogP contribution in [0.2, 0.25) is 0 Å². The molecular formula is C15H20N2O. The van der Waals surface area contributed by atoms with E-state index in [0.717, 1.165) is 16.8 Å². The van der Waals surface area contributed by atoms with Crippen molar-refractivity contribution in [1.82, 2.24) is 5.32 Å². The monoisotopic (exact) mass is 244 g/mol. The Morgan fingerprint density at radius 2 is 2.00 bits per heavy atom. The molecule has 0 radical (unpaired) electrons. The van der Waals surface area contributed by atoms with Crippen LogP contribution in [0, 0.1) is 6.92 Å². The Morgan fingerprint density at radius 1 is 1.22 bits per heavy atom. The van der Waals surface area contributed by atoms with Crippen LogP contribution in [0.3, 0.4) is 0 Å². The van der Waals surface area contributed by atoms with Crippen LogP contribution in [0.4, 0.5) is 5.69 Å². The number of rotatable bonds is 2. The van der Waals surface area contributed by atoms with E-state index in [9.17, 15) is 4.79 Å². The van der Waals surface area contributed by atoms with E-state index in [0.29, 0.717) is 6.04 Å². The first-order valence-electron chi connectivity index (χ1n) is 6.92. The maximum atomic E-state index is 12.1. The van der Waals surface area contributed by atoms with Gasteiger partial charge < -0.3 is 5.32 Å². The lowest BCUT2D eigenvalue weighted by molar-refractivity contribution is -0.117. The van der Waals surface area contributed by atoms with Crippen molar-refractivity contribution in [1.29, 1.82) is 0 Å². The van der Waals surface area contributed by atoms with Gasteiger partial charge in [0.05, 0.1) is 0 Å². The number of benzene rings is 1. The van der Waals surface area contributed by atoms with E-state index in [4.69, 9.17) is 0 Å². The lowest BCUT2D eigenvalue weighted by Gasteiger charge is -2.25. The van der Waals surface area contributed by atoms with Crippen LogP contribution in [0.25, 0.3) is 0 Å². The summed E-state index contributed by atoms with van der Waals surface area (Å²) in [4.78, 5) is 12.1. The van der Waals surface area contributed by atoms with Crippen molar-refractivity contribution in [3.63, 3.8) is 0 Å². The van der Waals surface area contributed by atoms with Crippen LogP contribution in [-0.2, 0) is 4.79 Å². The lowest BCUT2D eigenvalue weighted by Crippen LogP contribution is -2.37. The molecule has 1 saturated carbocycles. The van der Waals surface area contributed by atoms with Crippen molar-refractivity contribution < 1.29 is 4.79 Å². The first kappa shape index (κ1) is 11.7. The number of hydrogen-bond acceptors (Lipinski definition) is 2. The molecule has 3 heteroatoms. The second-order valence-electron chi connectivity index (χ2n) is 5.46. The molecule has 2 N–H and O–H groups in total. The van der Waals surface area contributed by atoms with E-state index in [1.54, 1.807) is 0 Å². The average Bonchev–Trinajstić information content (AvgIpc) is 2.70. The van der Waals surface area contributed by atoms with Crippen LogP contribution >= 0.6 is 0 Å². The lowest BCUT2D eigenvalue weighted by atomic mass is 9.94. The normalized spacial score (nSPS) is 23.8. The molecule has 0 aromatic heterocycles. The number of aryl methyl sites for hydroxylation is 1. The van der Waals surface area contributed by atoms with Gasteiger partial charge in [0.1, 0.15) is 6.04 Å². The summed E-state index contributed by atoms with van der Waals surface area (Å²) in [5, 5.41) is 6.54. The van der Waals surface area contributed by atoms with Crippen LogP contribution in [0.1, 0.15) is 49.3 Å². The van der Waals surface area contributed by atoms with Gasteiger partial charge in [-0.1, -0.05) is 37.5 Å². The van der Waals surface area contributed by atoms with Crippen molar-refractivity contribution in [3.05, 3.63) is 29.3 Å². The van der Waals surface area contributed by atoms with Crippen molar-refractivity contribution in [2.45, 2.75) is 51.1 Å². The summed E-state index contributed by atoms with van der Waals surface area (Å²) in [6, 6.07) is 6.48. The first-order chi connectivity index (χ1) is 8.75. The van der Waals surface area contributed by atoms with E-state index < -0.39 is 0 Å². The highest BCUT2D eigenvalue weighted by Gasteiger charge is 2.32. The van der Waals surface area contributed by atoms with Gasteiger partial charge in [-0.25, -0.2) is 0 Å². The molecule has 1 heterocycles. The molecule has 1 aromatic rings. The van der Waals surface area contributed by atoms with E-state index in [1.165, 1.54) is 32.1 Å². The number of anilines is 1. The van der Waals surface area contributed by atoms with Gasteiger partial charge in [-0.2, -0.15) is 0 Å². The topological polar surface area (TPSA) is 41.1 Å². The minimum atomic E-state index is -0.150. The zero-order valence-electron chi connectivity index (χ0n) is 10.8. The van der Waals surface area contributed by atoms with E-state index in [1.807, 2.05) is 19.1 Å². The summed E-state index contributed by atoms with van der Waals surface area (Å²) in [6.45, 7) is 2.04. The highest BCUT2D eigenvalue weighted by atomic mass is 16.2. The fourth-order valence-electron chi connectivity index (χ4n) is 3.11. The zero-order chi connectivity index (χ0) is 12.5. The van der Waals surface area contributed by atoms with Gasteiger partial charge in [0.15, 0.2) is 0 Å². The van der Waals surface area contributed by atoms with Gasteiger partial charge in [0.25, 0.3) is 0 Å². The largest absolute Gasteiger partial charge is 0.324 e. The predicted octanol–water partition coefficient (Wildman–Crippen LogP) is 2.91. The quantitative estimate of drug-likeness (QED) is 0.840. The number of hydrogen-bond donors (Lipinski definition) is 2. The van der Waals surface area contributed by atoms with E-state index in [-0.39, 0.29) is 11.9 Å². The molecule has 0 bridgehead atoms. The number of carbonyl (C=O) groups is 1. The summed E-state index contributed by atoms with van der Waals surface area (Å²) in [5.41, 5.74) is 3.27. The second kappa shape index (κ2) is 4.73. The van der Waals surface area contributed by atoms with Crippen molar-refractivity contribution >= 4 is 11.6 Å². The Bertz CT molecular complexity index is 464. The molecule has 96 valence electrons. The molecule has 1 aromatic carbocycles. The Balaban J connectivity index is 1.81. The molecule has 1 aliphatic heterocycles. The van der Waals surface area contributed by atoms with Gasteiger partial charge >= 0.3 is 0 Å². The number of nitrogens with one attached hydrogen (secondary N) is 2. The van der Waals surface area contributed by atoms with Crippen LogP contribution < -0.4 is 10.6 Å². The molecule has 1 fully saturated rings. The summed E-state index contributed by atoms with van der Waals surface area (Å²) in [5.74, 6) is 0.102. The van der Waals surface area contributed by atoms with Crippen molar-refractivity contribution in [2.75, 3.05) is 5.32 Å². The Labute approximate surface area is 108 Å². The molecule has 1 atom stereocenters. The molecular weight excluding hydrogens is 224 g/mol. The average molecular weight is 244 g/mol. The highest BCUT2D eigenvalue weighted by Crippen LogP contribution is 2.34. The van der Waals surface area contributed by atoms with Gasteiger partial charge in [0.2, 0.25) is 5.91 Å². The molecule has 18 heavy (non-hydrogen) atoms. The van der Waals surface area contributed by atoms with Gasteiger partial charge in [-0.3, -0.25) is 10.1 Å². The van der Waals surface area contributed by atoms with E-state index >= 15 is 0 Å². The Morgan fingerprint density at radius 3 is 2.78 bits per heavy atom. The first-order valence-corrected chi connectivity index (χ1v) is 6.92. The fourth-order valence-corrected chi connectivity index (χ4v) is 3.11. The molecule has 0 saturated heterocycles. The predicted molar refractivity (Wildman–Crippen MR) is 72.6 cm³/mol. The number of amides is 1. The molecule has 0 spiro atoms. The van der Waals surface area contributed by atoms with E-state index in [2.05, 4.69) is 16.7 Å². The van der Waals surface area contributed by atoms with Crippen molar-refractivity contribution in [2.24, 2.45) is 0 Å². The standard InChI is InChI=1S/C15H20N2O/c1-10-6-5-9-12-13(10)17-15(18)14(12)16-11-7-3-2-4-8-11/h5-6,9,11,14,16H,2-4,7-8H2,1H3,(H,17,18). The smallest absolute Gasteiger partial charge is 0.246 e. The van der Waals surface area contributed by atoms with Crippen molar-refractivity contribution in [3.8, 4) is 0 Å². The summed E-state index contributed by atoms with van der Waals surface area (Å²) in [7, 11) is 0. The third kappa shape index (κ3) is 2.03. The SMILES string of the molecule is Cc1cccc2c1NC(=O)C2NC1CCCCC1. The van der Waals surface area contributed by atoms with Crippen LogP contribution in [-0.4, -0.2) is 11.9 Å². The Hall–Kier alpha value is -1.35. The summed E-state index contributed by atoms with van der Waals surface area (Å²) in [6.07, 6.45) is 6.31. The fraction of sp³-hybridized carbons (Fsp3) is 0.533. The number of para-hydroxylation sites is 1. The van der Waals surface area contributed by atoms with Gasteiger partial charge in [-0.15, -0.1) is 0 Å². The minimum Gasteiger partial charge on any atom is -0.324 e. The third-order valence-electron chi connectivity index (χ3n) is 4.13. The maximum absolute atomic E-state index is 12.1. The summed E-state index contributed by atoms with van der Waals surface area (Å²) < 4.78 is 0. The summed E-state index contributed by atoms with van der Waals surface area (Å²) >= 11 is 0. The zero-order valence-corrected chi connectivity index (χ0v) is 10.8. The second-order valence-corrected chi connectivity index (χ2v) is 5.46. The molecule has 2 aliphatic rings. The number of fused-ring (bicyclic) bond motifs is 1. The third-order valence-corrected chi connectivity index (χ3v) is 4.13. The van der Waals surface area contributed by atoms with Gasteiger partial charge in [0, 0.05) is 17.3 Å². The maximum Gasteiger partial charge on any atom is 0.246 e. The Kier molecular flexibility index (Phi) is 3.08.